The summed E-state index contributed by atoms with van der Waals surface area (Å²) in [4.78, 5) is 0. The van der Waals surface area contributed by atoms with Crippen LogP contribution in [0.3, 0.4) is 0 Å². The summed E-state index contributed by atoms with van der Waals surface area (Å²) in [5, 5.41) is 7.70. The van der Waals surface area contributed by atoms with Gasteiger partial charge in [0.1, 0.15) is 5.75 Å². The van der Waals surface area contributed by atoms with Gasteiger partial charge in [-0.3, -0.25) is 0 Å². The number of nitrogens with one attached hydrogen (secondary N) is 2. The van der Waals surface area contributed by atoms with Crippen LogP contribution in [0, 0.1) is 5.41 Å². The second-order valence-electron chi connectivity index (χ2n) is 7.05. The van der Waals surface area contributed by atoms with Gasteiger partial charge in [-0.1, -0.05) is 32.4 Å². The van der Waals surface area contributed by atoms with Crippen molar-refractivity contribution in [1.29, 1.82) is 0 Å². The standard InChI is InChI=1S/C16H25ClN2OS/c1-15(2,3)10-16(4,5)19-14(21)18-12-9-11(17)7-8-13(12)20-6/h7-9H,10H2,1-6H3,(H2,18,19,21). The molecule has 0 aliphatic rings. The third kappa shape index (κ3) is 6.53. The fourth-order valence-electron chi connectivity index (χ4n) is 2.61. The van der Waals surface area contributed by atoms with Crippen molar-refractivity contribution in [3.05, 3.63) is 23.2 Å². The van der Waals surface area contributed by atoms with E-state index in [2.05, 4.69) is 45.3 Å². The molecule has 5 heteroatoms. The number of halogens is 1. The Morgan fingerprint density at radius 2 is 1.86 bits per heavy atom. The Morgan fingerprint density at radius 1 is 1.24 bits per heavy atom. The largest absolute Gasteiger partial charge is 0.495 e. The fraction of sp³-hybridized carbons (Fsp3) is 0.562. The van der Waals surface area contributed by atoms with Gasteiger partial charge in [-0.2, -0.15) is 0 Å². The van der Waals surface area contributed by atoms with Crippen LogP contribution in [0.2, 0.25) is 5.02 Å². The second-order valence-corrected chi connectivity index (χ2v) is 7.89. The van der Waals surface area contributed by atoms with E-state index in [0.717, 1.165) is 12.1 Å². The number of methoxy groups -OCH3 is 1. The Hall–Kier alpha value is -1.00. The molecule has 0 saturated heterocycles. The number of anilines is 1. The van der Waals surface area contributed by atoms with Crippen LogP contribution in [0.1, 0.15) is 41.0 Å². The maximum Gasteiger partial charge on any atom is 0.171 e. The van der Waals surface area contributed by atoms with Crippen molar-refractivity contribution < 1.29 is 4.74 Å². The molecule has 0 aliphatic heterocycles. The molecular formula is C16H25ClN2OS. The lowest BCUT2D eigenvalue weighted by Gasteiger charge is -2.34. The average Bonchev–Trinajstić information content (AvgIpc) is 2.24. The number of hydrogen-bond donors (Lipinski definition) is 2. The quantitative estimate of drug-likeness (QED) is 0.774. The Bertz CT molecular complexity index is 509. The minimum atomic E-state index is -0.103. The molecule has 21 heavy (non-hydrogen) atoms. The zero-order chi connectivity index (χ0) is 16.3. The molecule has 0 unspecified atom stereocenters. The van der Waals surface area contributed by atoms with Crippen molar-refractivity contribution in [2.45, 2.75) is 46.6 Å². The molecule has 0 bridgehead atoms. The van der Waals surface area contributed by atoms with Crippen LogP contribution in [0.5, 0.6) is 5.75 Å². The normalized spacial score (nSPS) is 12.0. The van der Waals surface area contributed by atoms with Crippen LogP contribution in [0.4, 0.5) is 5.69 Å². The molecule has 0 radical (unpaired) electrons. The summed E-state index contributed by atoms with van der Waals surface area (Å²) >= 11 is 11.4. The van der Waals surface area contributed by atoms with E-state index in [1.54, 1.807) is 19.2 Å². The van der Waals surface area contributed by atoms with Crippen LogP contribution < -0.4 is 15.4 Å². The Labute approximate surface area is 138 Å². The van der Waals surface area contributed by atoms with Crippen molar-refractivity contribution >= 4 is 34.6 Å². The highest BCUT2D eigenvalue weighted by Crippen LogP contribution is 2.29. The molecule has 0 aromatic heterocycles. The molecule has 2 N–H and O–H groups in total. The molecule has 118 valence electrons. The van der Waals surface area contributed by atoms with Gasteiger partial charge in [-0.15, -0.1) is 0 Å². The van der Waals surface area contributed by atoms with E-state index >= 15 is 0 Å². The Morgan fingerprint density at radius 3 is 2.38 bits per heavy atom. The van der Waals surface area contributed by atoms with Crippen LogP contribution >= 0.6 is 23.8 Å². The van der Waals surface area contributed by atoms with Crippen LogP contribution in [-0.4, -0.2) is 17.8 Å². The number of benzene rings is 1. The predicted octanol–water partition coefficient (Wildman–Crippen LogP) is 4.85. The Kier molecular flexibility index (Phi) is 5.88. The molecule has 1 aromatic carbocycles. The summed E-state index contributed by atoms with van der Waals surface area (Å²) < 4.78 is 5.30. The van der Waals surface area contributed by atoms with E-state index in [1.165, 1.54) is 0 Å². The lowest BCUT2D eigenvalue weighted by molar-refractivity contribution is 0.268. The van der Waals surface area contributed by atoms with Crippen molar-refractivity contribution in [3.63, 3.8) is 0 Å². The minimum Gasteiger partial charge on any atom is -0.495 e. The highest BCUT2D eigenvalue weighted by atomic mass is 35.5. The lowest BCUT2D eigenvalue weighted by atomic mass is 9.82. The summed E-state index contributed by atoms with van der Waals surface area (Å²) in [6.45, 7) is 10.9. The van der Waals surface area contributed by atoms with Gasteiger partial charge in [0.05, 0.1) is 12.8 Å². The SMILES string of the molecule is COc1ccc(Cl)cc1NC(=S)NC(C)(C)CC(C)(C)C. The van der Waals surface area contributed by atoms with Crippen molar-refractivity contribution in [1.82, 2.24) is 5.32 Å². The van der Waals surface area contributed by atoms with E-state index in [9.17, 15) is 0 Å². The van der Waals surface area contributed by atoms with E-state index < -0.39 is 0 Å². The molecule has 3 nitrogen and oxygen atoms in total. The first-order valence-electron chi connectivity index (χ1n) is 6.95. The van der Waals surface area contributed by atoms with Crippen LogP contribution in [0.15, 0.2) is 18.2 Å². The molecule has 0 heterocycles. The summed E-state index contributed by atoms with van der Waals surface area (Å²) in [7, 11) is 1.62. The first-order valence-corrected chi connectivity index (χ1v) is 7.74. The van der Waals surface area contributed by atoms with Crippen molar-refractivity contribution in [3.8, 4) is 5.75 Å². The third-order valence-corrected chi connectivity index (χ3v) is 3.27. The highest BCUT2D eigenvalue weighted by molar-refractivity contribution is 7.80. The summed E-state index contributed by atoms with van der Waals surface area (Å²) in [5.74, 6) is 0.706. The molecule has 0 saturated carbocycles. The van der Waals surface area contributed by atoms with Gasteiger partial charge in [-0.05, 0) is 56.1 Å². The average molecular weight is 329 g/mol. The van der Waals surface area contributed by atoms with Gasteiger partial charge in [0.25, 0.3) is 0 Å². The van der Waals surface area contributed by atoms with Crippen LogP contribution in [0.25, 0.3) is 0 Å². The zero-order valence-electron chi connectivity index (χ0n) is 13.6. The molecular weight excluding hydrogens is 304 g/mol. The van der Waals surface area contributed by atoms with E-state index in [-0.39, 0.29) is 11.0 Å². The molecule has 0 atom stereocenters. The smallest absolute Gasteiger partial charge is 0.171 e. The fourth-order valence-corrected chi connectivity index (χ4v) is 3.17. The van der Waals surface area contributed by atoms with Gasteiger partial charge in [-0.25, -0.2) is 0 Å². The first-order chi connectivity index (χ1) is 9.52. The van der Waals surface area contributed by atoms with Gasteiger partial charge in [0.15, 0.2) is 5.11 Å². The van der Waals surface area contributed by atoms with Gasteiger partial charge >= 0.3 is 0 Å². The molecule has 0 aliphatic carbocycles. The molecule has 0 fully saturated rings. The highest BCUT2D eigenvalue weighted by Gasteiger charge is 2.26. The number of hydrogen-bond acceptors (Lipinski definition) is 2. The molecule has 0 spiro atoms. The summed E-state index contributed by atoms with van der Waals surface area (Å²) in [6.07, 6.45) is 0.995. The minimum absolute atomic E-state index is 0.103. The number of thiocarbonyl (C=S) groups is 1. The number of ether oxygens (including phenoxy) is 1. The molecule has 1 rings (SSSR count). The lowest BCUT2D eigenvalue weighted by Crippen LogP contribution is -2.47. The Balaban J connectivity index is 2.76. The summed E-state index contributed by atoms with van der Waals surface area (Å²) in [5.41, 5.74) is 0.877. The zero-order valence-corrected chi connectivity index (χ0v) is 15.2. The van der Waals surface area contributed by atoms with E-state index in [4.69, 9.17) is 28.6 Å². The molecule has 0 amide bonds. The van der Waals surface area contributed by atoms with E-state index in [0.29, 0.717) is 15.9 Å². The maximum atomic E-state index is 6.02. The van der Waals surface area contributed by atoms with Gasteiger partial charge in [0, 0.05) is 10.6 Å². The second kappa shape index (κ2) is 6.84. The predicted molar refractivity (Wildman–Crippen MR) is 95.5 cm³/mol. The van der Waals surface area contributed by atoms with Gasteiger partial charge < -0.3 is 15.4 Å². The van der Waals surface area contributed by atoms with Crippen LogP contribution in [-0.2, 0) is 0 Å². The summed E-state index contributed by atoms with van der Waals surface area (Å²) in [6, 6.07) is 5.39. The maximum absolute atomic E-state index is 6.02. The van der Waals surface area contributed by atoms with Gasteiger partial charge in [0.2, 0.25) is 0 Å². The topological polar surface area (TPSA) is 33.3 Å². The number of rotatable bonds is 4. The first kappa shape index (κ1) is 18.1. The molecule has 1 aromatic rings. The monoisotopic (exact) mass is 328 g/mol. The van der Waals surface area contributed by atoms with Crippen molar-refractivity contribution in [2.24, 2.45) is 5.41 Å². The van der Waals surface area contributed by atoms with E-state index in [1.807, 2.05) is 6.07 Å². The van der Waals surface area contributed by atoms with Crippen molar-refractivity contribution in [2.75, 3.05) is 12.4 Å². The third-order valence-electron chi connectivity index (χ3n) is 2.83.